The average molecular weight is 507 g/mol. The molecule has 0 saturated heterocycles. The molecule has 0 radical (unpaired) electrons. The largest absolute Gasteiger partial charge is 0.466 e. The molecule has 1 aliphatic rings. The highest BCUT2D eigenvalue weighted by Crippen LogP contribution is 2.37. The number of aliphatic hydroxyl groups excluding tert-OH is 1. The zero-order valence-electron chi connectivity index (χ0n) is 20.5. The van der Waals surface area contributed by atoms with Gasteiger partial charge >= 0.3 is 11.7 Å². The number of aliphatic hydroxyl groups is 1. The van der Waals surface area contributed by atoms with Crippen molar-refractivity contribution in [2.24, 2.45) is 5.92 Å². The van der Waals surface area contributed by atoms with Gasteiger partial charge in [0, 0.05) is 18.2 Å². The molecule has 1 fully saturated rings. The highest BCUT2D eigenvalue weighted by Gasteiger charge is 2.44. The summed E-state index contributed by atoms with van der Waals surface area (Å²) in [6.07, 6.45) is 2.67. The number of aromatic amines is 1. The normalized spacial score (nSPS) is 21.4. The maximum Gasteiger partial charge on any atom is 0.330 e. The summed E-state index contributed by atoms with van der Waals surface area (Å²) in [5.74, 6) is -1.05. The molecular weight excluding hydrogens is 476 g/mol. The number of hydrogen-bond acceptors (Lipinski definition) is 7. The molecule has 0 spiro atoms. The molecule has 0 bridgehead atoms. The quantitative estimate of drug-likeness (QED) is 0.320. The van der Waals surface area contributed by atoms with Crippen LogP contribution in [-0.4, -0.2) is 46.6 Å². The second-order valence-electron chi connectivity index (χ2n) is 8.90. The Morgan fingerprint density at radius 2 is 1.70 bits per heavy atom. The lowest BCUT2D eigenvalue weighted by Crippen LogP contribution is -2.37. The first-order chi connectivity index (χ1) is 18.0. The van der Waals surface area contributed by atoms with Gasteiger partial charge in [-0.1, -0.05) is 60.7 Å². The van der Waals surface area contributed by atoms with Gasteiger partial charge in [0.2, 0.25) is 0 Å². The van der Waals surface area contributed by atoms with Crippen molar-refractivity contribution >= 4 is 12.0 Å². The van der Waals surface area contributed by atoms with E-state index in [1.807, 2.05) is 60.7 Å². The molecule has 0 aliphatic heterocycles. The Morgan fingerprint density at radius 3 is 2.35 bits per heavy atom. The molecule has 4 rings (SSSR count). The molecule has 3 aromatic rings. The SMILES string of the molecule is COC(=O)C=Cc1cn(C2CC(OCc3ccccc3)C(COCc3ccccc3)C2O)c(=O)[nH]c1=O. The van der Waals surface area contributed by atoms with Crippen LogP contribution in [0.25, 0.3) is 6.08 Å². The van der Waals surface area contributed by atoms with Crippen LogP contribution in [0.5, 0.6) is 0 Å². The number of esters is 1. The fourth-order valence-electron chi connectivity index (χ4n) is 4.49. The first-order valence-electron chi connectivity index (χ1n) is 12.0. The highest BCUT2D eigenvalue weighted by atomic mass is 16.5. The second kappa shape index (κ2) is 12.4. The van der Waals surface area contributed by atoms with E-state index >= 15 is 0 Å². The lowest BCUT2D eigenvalue weighted by molar-refractivity contribution is -0.134. The van der Waals surface area contributed by atoms with E-state index in [2.05, 4.69) is 9.72 Å². The van der Waals surface area contributed by atoms with Gasteiger partial charge in [0.25, 0.3) is 5.56 Å². The van der Waals surface area contributed by atoms with Crippen molar-refractivity contribution in [1.29, 1.82) is 0 Å². The van der Waals surface area contributed by atoms with Crippen molar-refractivity contribution < 1.29 is 24.1 Å². The van der Waals surface area contributed by atoms with Crippen LogP contribution in [0.1, 0.15) is 29.2 Å². The molecule has 194 valence electrons. The Hall–Kier alpha value is -3.79. The third-order valence-electron chi connectivity index (χ3n) is 6.47. The summed E-state index contributed by atoms with van der Waals surface area (Å²) in [5, 5.41) is 11.3. The molecule has 1 aliphatic carbocycles. The minimum atomic E-state index is -0.974. The summed E-state index contributed by atoms with van der Waals surface area (Å²) < 4.78 is 18.0. The predicted molar refractivity (Wildman–Crippen MR) is 137 cm³/mol. The van der Waals surface area contributed by atoms with Crippen LogP contribution in [0, 0.1) is 5.92 Å². The minimum Gasteiger partial charge on any atom is -0.466 e. The number of ether oxygens (including phenoxy) is 3. The Balaban J connectivity index is 1.56. The predicted octanol–water partition coefficient (Wildman–Crippen LogP) is 2.45. The number of methoxy groups -OCH3 is 1. The molecule has 0 amide bonds. The molecule has 1 saturated carbocycles. The lowest BCUT2D eigenvalue weighted by atomic mass is 10.0. The summed E-state index contributed by atoms with van der Waals surface area (Å²) in [4.78, 5) is 38.7. The number of benzene rings is 2. The van der Waals surface area contributed by atoms with Crippen molar-refractivity contribution in [3.8, 4) is 0 Å². The summed E-state index contributed by atoms with van der Waals surface area (Å²) in [5.41, 5.74) is 0.779. The van der Waals surface area contributed by atoms with Crippen LogP contribution in [0.2, 0.25) is 0 Å². The van der Waals surface area contributed by atoms with Crippen molar-refractivity contribution in [3.05, 3.63) is 110 Å². The number of rotatable bonds is 10. The van der Waals surface area contributed by atoms with E-state index in [1.54, 1.807) is 0 Å². The van der Waals surface area contributed by atoms with Gasteiger partial charge in [-0.05, 0) is 23.6 Å². The van der Waals surface area contributed by atoms with Gasteiger partial charge in [0.1, 0.15) is 0 Å². The third-order valence-corrected chi connectivity index (χ3v) is 6.47. The van der Waals surface area contributed by atoms with Gasteiger partial charge in [0.05, 0.1) is 50.7 Å². The topological polar surface area (TPSA) is 120 Å². The van der Waals surface area contributed by atoms with Gasteiger partial charge in [-0.25, -0.2) is 9.59 Å². The van der Waals surface area contributed by atoms with Crippen molar-refractivity contribution in [1.82, 2.24) is 9.55 Å². The van der Waals surface area contributed by atoms with E-state index in [-0.39, 0.29) is 12.2 Å². The maximum atomic E-state index is 12.7. The molecule has 4 atom stereocenters. The molecule has 9 nitrogen and oxygen atoms in total. The van der Waals surface area contributed by atoms with Crippen LogP contribution in [0.15, 0.2) is 82.5 Å². The van der Waals surface area contributed by atoms with E-state index < -0.39 is 41.4 Å². The van der Waals surface area contributed by atoms with E-state index in [4.69, 9.17) is 9.47 Å². The fourth-order valence-corrected chi connectivity index (χ4v) is 4.49. The first-order valence-corrected chi connectivity index (χ1v) is 12.0. The number of carbonyl (C=O) groups is 1. The average Bonchev–Trinajstić information content (AvgIpc) is 3.22. The first kappa shape index (κ1) is 26.3. The summed E-state index contributed by atoms with van der Waals surface area (Å²) in [7, 11) is 1.22. The molecule has 2 N–H and O–H groups in total. The molecular formula is C28H30N2O7. The van der Waals surface area contributed by atoms with Gasteiger partial charge in [-0.3, -0.25) is 14.3 Å². The summed E-state index contributed by atoms with van der Waals surface area (Å²) in [6.45, 7) is 0.939. The Kier molecular flexibility index (Phi) is 8.84. The zero-order valence-corrected chi connectivity index (χ0v) is 20.5. The lowest BCUT2D eigenvalue weighted by Gasteiger charge is -2.23. The zero-order chi connectivity index (χ0) is 26.2. The van der Waals surface area contributed by atoms with Crippen LogP contribution in [-0.2, 0) is 32.2 Å². The smallest absolute Gasteiger partial charge is 0.330 e. The summed E-state index contributed by atoms with van der Waals surface area (Å²) in [6, 6.07) is 18.7. The number of hydrogen-bond donors (Lipinski definition) is 2. The summed E-state index contributed by atoms with van der Waals surface area (Å²) >= 11 is 0. The number of aromatic nitrogens is 2. The Labute approximate surface area is 213 Å². The van der Waals surface area contributed by atoms with E-state index in [1.165, 1.54) is 23.9 Å². The van der Waals surface area contributed by atoms with Gasteiger partial charge in [0.15, 0.2) is 0 Å². The van der Waals surface area contributed by atoms with Crippen molar-refractivity contribution in [2.45, 2.75) is 37.9 Å². The number of nitrogens with zero attached hydrogens (tertiary/aromatic N) is 1. The fraction of sp³-hybridized carbons (Fsp3) is 0.321. The molecule has 2 aromatic carbocycles. The molecule has 37 heavy (non-hydrogen) atoms. The van der Waals surface area contributed by atoms with E-state index in [9.17, 15) is 19.5 Å². The molecule has 9 heteroatoms. The highest BCUT2D eigenvalue weighted by molar-refractivity contribution is 5.86. The van der Waals surface area contributed by atoms with Gasteiger partial charge < -0.3 is 19.3 Å². The second-order valence-corrected chi connectivity index (χ2v) is 8.90. The van der Waals surface area contributed by atoms with E-state index in [0.29, 0.717) is 19.6 Å². The standard InChI is InChI=1S/C28H30N2O7/c1-35-25(31)13-12-21-15-30(28(34)29-27(21)33)23-14-24(37-17-20-10-6-3-7-11-20)22(26(23)32)18-36-16-19-8-4-2-5-9-19/h2-13,15,22-24,26,32H,14,16-18H2,1H3,(H,29,33,34). The minimum absolute atomic E-state index is 0.0859. The van der Waals surface area contributed by atoms with Crippen LogP contribution < -0.4 is 11.2 Å². The van der Waals surface area contributed by atoms with Crippen LogP contribution in [0.3, 0.4) is 0 Å². The Morgan fingerprint density at radius 1 is 1.05 bits per heavy atom. The molecule has 4 unspecified atom stereocenters. The third kappa shape index (κ3) is 6.71. The number of carbonyl (C=O) groups excluding carboxylic acids is 1. The van der Waals surface area contributed by atoms with Gasteiger partial charge in [-0.15, -0.1) is 0 Å². The van der Waals surface area contributed by atoms with Crippen LogP contribution >= 0.6 is 0 Å². The molecule has 1 heterocycles. The van der Waals surface area contributed by atoms with Crippen molar-refractivity contribution in [2.75, 3.05) is 13.7 Å². The van der Waals surface area contributed by atoms with Crippen LogP contribution in [0.4, 0.5) is 0 Å². The van der Waals surface area contributed by atoms with E-state index in [0.717, 1.165) is 17.2 Å². The maximum absolute atomic E-state index is 12.7. The number of H-pyrrole nitrogens is 1. The van der Waals surface area contributed by atoms with Crippen molar-refractivity contribution in [3.63, 3.8) is 0 Å². The molecule has 1 aromatic heterocycles. The Bertz CT molecular complexity index is 1320. The number of nitrogens with one attached hydrogen (secondary N) is 1. The monoisotopic (exact) mass is 506 g/mol. The van der Waals surface area contributed by atoms with Gasteiger partial charge in [-0.2, -0.15) is 0 Å².